The minimum absolute atomic E-state index is 0.0317. The van der Waals surface area contributed by atoms with Crippen LogP contribution in [-0.4, -0.2) is 15.9 Å². The van der Waals surface area contributed by atoms with Crippen LogP contribution in [0.15, 0.2) is 0 Å². The van der Waals surface area contributed by atoms with Crippen molar-refractivity contribution in [1.82, 2.24) is 0 Å². The van der Waals surface area contributed by atoms with E-state index < -0.39 is 15.9 Å². The Kier molecular flexibility index (Phi) is 8.68. The molecule has 0 amide bonds. The highest BCUT2D eigenvalue weighted by atomic mass is 31.2. The lowest BCUT2D eigenvalue weighted by Crippen LogP contribution is -1.90. The molecule has 7 heteroatoms. The van der Waals surface area contributed by atoms with Crippen molar-refractivity contribution in [2.75, 3.05) is 6.16 Å². The van der Waals surface area contributed by atoms with Crippen LogP contribution in [0, 0.1) is 0 Å². The van der Waals surface area contributed by atoms with Crippen LogP contribution in [-0.2, 0) is 13.4 Å². The second-order valence-electron chi connectivity index (χ2n) is 3.49. The van der Waals surface area contributed by atoms with Gasteiger partial charge in [-0.2, -0.15) is 0 Å². The monoisotopic (exact) mass is 258 g/mol. The van der Waals surface area contributed by atoms with Gasteiger partial charge in [0.05, 0.1) is 6.16 Å². The van der Waals surface area contributed by atoms with Crippen LogP contribution in [0.4, 0.5) is 0 Å². The Labute approximate surface area is 91.3 Å². The van der Waals surface area contributed by atoms with Crippen molar-refractivity contribution in [1.29, 1.82) is 0 Å². The normalized spacial score (nSPS) is 17.3. The third-order valence-corrected chi connectivity index (χ3v) is 4.66. The van der Waals surface area contributed by atoms with Crippen molar-refractivity contribution in [2.45, 2.75) is 45.4 Å². The van der Waals surface area contributed by atoms with Crippen LogP contribution in [0.1, 0.15) is 45.4 Å². The van der Waals surface area contributed by atoms with E-state index in [4.69, 9.17) is 9.79 Å². The summed E-state index contributed by atoms with van der Waals surface area (Å²) >= 11 is 0. The molecule has 0 aromatic heterocycles. The number of rotatable bonds is 9. The molecule has 2 atom stereocenters. The van der Waals surface area contributed by atoms with E-state index in [2.05, 4.69) is 11.2 Å². The zero-order valence-electron chi connectivity index (χ0n) is 9.02. The molecule has 0 rings (SSSR count). The Balaban J connectivity index is 3.49. The Hall–Kier alpha value is 0.340. The van der Waals surface area contributed by atoms with Gasteiger partial charge >= 0.3 is 15.9 Å². The zero-order chi connectivity index (χ0) is 11.7. The van der Waals surface area contributed by atoms with Gasteiger partial charge in [-0.05, 0) is 6.42 Å². The fraction of sp³-hybridized carbons (Fsp3) is 1.00. The fourth-order valence-electron chi connectivity index (χ4n) is 1.26. The molecule has 0 saturated carbocycles. The van der Waals surface area contributed by atoms with Gasteiger partial charge in [0.25, 0.3) is 0 Å². The molecule has 0 fully saturated rings. The van der Waals surface area contributed by atoms with Crippen molar-refractivity contribution in [3.8, 4) is 0 Å². The van der Waals surface area contributed by atoms with Crippen molar-refractivity contribution >= 4 is 15.9 Å². The van der Waals surface area contributed by atoms with Gasteiger partial charge in [-0.1, -0.05) is 39.0 Å². The summed E-state index contributed by atoms with van der Waals surface area (Å²) in [6.45, 7) is 2.12. The van der Waals surface area contributed by atoms with Crippen LogP contribution < -0.4 is 0 Å². The van der Waals surface area contributed by atoms with Gasteiger partial charge in [0, 0.05) is 0 Å². The molecule has 2 N–H and O–H groups in total. The Morgan fingerprint density at radius 2 is 1.73 bits per heavy atom. The third-order valence-electron chi connectivity index (χ3n) is 2.01. The standard InChI is InChI=1S/C8H20O5P2/c1-2-3-4-5-6-7-8-15(11,12)13-14(9)10/h14H,2-8H2,1H3,(H,9,10)(H,11,12). The quantitative estimate of drug-likeness (QED) is 0.490. The first-order chi connectivity index (χ1) is 6.98. The van der Waals surface area contributed by atoms with Crippen molar-refractivity contribution in [2.24, 2.45) is 0 Å². The van der Waals surface area contributed by atoms with Crippen LogP contribution in [0.3, 0.4) is 0 Å². The summed E-state index contributed by atoms with van der Waals surface area (Å²) in [4.78, 5) is 17.4. The van der Waals surface area contributed by atoms with E-state index in [-0.39, 0.29) is 6.16 Å². The fourth-order valence-corrected chi connectivity index (χ4v) is 3.22. The van der Waals surface area contributed by atoms with Gasteiger partial charge in [0.15, 0.2) is 0 Å². The highest BCUT2D eigenvalue weighted by Crippen LogP contribution is 2.50. The summed E-state index contributed by atoms with van der Waals surface area (Å²) in [5, 5.41) is 0. The smallest absolute Gasteiger partial charge is 0.326 e. The Bertz CT molecular complexity index is 231. The van der Waals surface area contributed by atoms with Gasteiger partial charge in [-0.25, -0.2) is 4.31 Å². The molecule has 5 nitrogen and oxygen atoms in total. The minimum atomic E-state index is -3.82. The molecule has 0 aliphatic carbocycles. The largest absolute Gasteiger partial charge is 0.335 e. The maximum Gasteiger partial charge on any atom is 0.335 e. The van der Waals surface area contributed by atoms with Crippen LogP contribution in [0.25, 0.3) is 0 Å². The number of hydrogen-bond donors (Lipinski definition) is 2. The van der Waals surface area contributed by atoms with Crippen molar-refractivity contribution in [3.05, 3.63) is 0 Å². The molecular formula is C8H20O5P2. The summed E-state index contributed by atoms with van der Waals surface area (Å²) in [5.74, 6) is 0. The maximum atomic E-state index is 11.1. The summed E-state index contributed by atoms with van der Waals surface area (Å²) < 4.78 is 25.4. The average Bonchev–Trinajstić information content (AvgIpc) is 2.08. The maximum absolute atomic E-state index is 11.1. The van der Waals surface area contributed by atoms with Gasteiger partial charge in [0.2, 0.25) is 0 Å². The van der Waals surface area contributed by atoms with Crippen LogP contribution in [0.2, 0.25) is 0 Å². The molecule has 0 radical (unpaired) electrons. The molecule has 92 valence electrons. The van der Waals surface area contributed by atoms with E-state index in [1.54, 1.807) is 0 Å². The highest BCUT2D eigenvalue weighted by molar-refractivity contribution is 7.59. The summed E-state index contributed by atoms with van der Waals surface area (Å²) in [6, 6.07) is 0. The second kappa shape index (κ2) is 8.49. The lowest BCUT2D eigenvalue weighted by atomic mass is 10.1. The average molecular weight is 258 g/mol. The SMILES string of the molecule is CCCCCCCCP(=O)(O)O[PH](=O)O. The number of hydrogen-bond acceptors (Lipinski definition) is 3. The summed E-state index contributed by atoms with van der Waals surface area (Å²) in [6.07, 6.45) is 5.89. The topological polar surface area (TPSA) is 83.8 Å². The molecule has 0 saturated heterocycles. The molecule has 0 aromatic carbocycles. The Morgan fingerprint density at radius 1 is 1.20 bits per heavy atom. The predicted octanol–water partition coefficient (Wildman–Crippen LogP) is 2.93. The summed E-state index contributed by atoms with van der Waals surface area (Å²) in [5.41, 5.74) is 0. The van der Waals surface area contributed by atoms with Gasteiger partial charge in [-0.3, -0.25) is 9.13 Å². The van der Waals surface area contributed by atoms with E-state index >= 15 is 0 Å². The van der Waals surface area contributed by atoms with Crippen LogP contribution in [0.5, 0.6) is 0 Å². The van der Waals surface area contributed by atoms with Crippen LogP contribution >= 0.6 is 15.9 Å². The molecule has 0 aliphatic rings. The van der Waals surface area contributed by atoms with E-state index in [0.29, 0.717) is 6.42 Å². The lowest BCUT2D eigenvalue weighted by Gasteiger charge is -2.08. The molecule has 0 heterocycles. The zero-order valence-corrected chi connectivity index (χ0v) is 10.9. The van der Waals surface area contributed by atoms with E-state index in [9.17, 15) is 9.13 Å². The van der Waals surface area contributed by atoms with Crippen molar-refractivity contribution in [3.63, 3.8) is 0 Å². The van der Waals surface area contributed by atoms with E-state index in [1.165, 1.54) is 6.42 Å². The molecule has 0 bridgehead atoms. The number of unbranched alkanes of at least 4 members (excludes halogenated alkanes) is 5. The second-order valence-corrected chi connectivity index (χ2v) is 6.47. The van der Waals surface area contributed by atoms with Gasteiger partial charge in [0.1, 0.15) is 0 Å². The minimum Gasteiger partial charge on any atom is -0.326 e. The van der Waals surface area contributed by atoms with Crippen molar-refractivity contribution < 1.29 is 23.2 Å². The van der Waals surface area contributed by atoms with E-state index in [1.807, 2.05) is 0 Å². The Morgan fingerprint density at radius 3 is 2.27 bits per heavy atom. The molecule has 0 aromatic rings. The van der Waals surface area contributed by atoms with Gasteiger partial charge in [-0.15, -0.1) is 0 Å². The molecule has 2 unspecified atom stereocenters. The molecule has 0 aliphatic heterocycles. The summed E-state index contributed by atoms with van der Waals surface area (Å²) in [7, 11) is -7.13. The third kappa shape index (κ3) is 10.6. The first-order valence-corrected chi connectivity index (χ1v) is 8.25. The first-order valence-electron chi connectivity index (χ1n) is 5.22. The molecular weight excluding hydrogens is 238 g/mol. The molecule has 15 heavy (non-hydrogen) atoms. The van der Waals surface area contributed by atoms with Gasteiger partial charge < -0.3 is 9.79 Å². The van der Waals surface area contributed by atoms with E-state index in [0.717, 1.165) is 25.7 Å². The molecule has 0 spiro atoms. The predicted molar refractivity (Wildman–Crippen MR) is 60.4 cm³/mol. The lowest BCUT2D eigenvalue weighted by molar-refractivity contribution is 0.348. The highest BCUT2D eigenvalue weighted by Gasteiger charge is 2.20. The first kappa shape index (κ1) is 15.3.